The summed E-state index contributed by atoms with van der Waals surface area (Å²) < 4.78 is 11.5. The Labute approximate surface area is 223 Å². The van der Waals surface area contributed by atoms with E-state index in [1.54, 1.807) is 37.5 Å². The van der Waals surface area contributed by atoms with Crippen LogP contribution in [0.2, 0.25) is 0 Å². The molecule has 0 bridgehead atoms. The number of carbonyl (C=O) groups is 2. The molecule has 6 nitrogen and oxygen atoms in total. The molecular weight excluding hydrogens is 504 g/mol. The third-order valence-electron chi connectivity index (χ3n) is 5.83. The average molecular weight is 527 g/mol. The number of hydrazine groups is 1. The number of nitrogens with zero attached hydrogens (tertiary/aromatic N) is 1. The van der Waals surface area contributed by atoms with Gasteiger partial charge in [0.2, 0.25) is 0 Å². The Morgan fingerprint density at radius 1 is 0.973 bits per heavy atom. The Balaban J connectivity index is 1.32. The van der Waals surface area contributed by atoms with Crippen molar-refractivity contribution in [3.8, 4) is 11.5 Å². The Kier molecular flexibility index (Phi) is 7.20. The van der Waals surface area contributed by atoms with E-state index >= 15 is 0 Å². The van der Waals surface area contributed by atoms with Crippen molar-refractivity contribution in [3.63, 3.8) is 0 Å². The number of amides is 2. The summed E-state index contributed by atoms with van der Waals surface area (Å²) in [5.74, 6) is 0.425. The molecule has 1 heterocycles. The van der Waals surface area contributed by atoms with Crippen LogP contribution in [0.15, 0.2) is 95.9 Å². The number of hydrogen-bond donors (Lipinski definition) is 1. The van der Waals surface area contributed by atoms with Gasteiger partial charge in [-0.05, 0) is 65.0 Å². The molecule has 37 heavy (non-hydrogen) atoms. The highest BCUT2D eigenvalue weighted by Crippen LogP contribution is 2.34. The summed E-state index contributed by atoms with van der Waals surface area (Å²) >= 11 is 6.50. The van der Waals surface area contributed by atoms with Gasteiger partial charge in [-0.25, -0.2) is 0 Å². The van der Waals surface area contributed by atoms with Crippen LogP contribution in [0.5, 0.6) is 11.5 Å². The van der Waals surface area contributed by atoms with Gasteiger partial charge < -0.3 is 9.47 Å². The molecule has 184 valence electrons. The number of hydrogen-bond acceptors (Lipinski definition) is 6. The average Bonchev–Trinajstić information content (AvgIpc) is 3.19. The number of rotatable bonds is 7. The number of nitrogens with one attached hydrogen (secondary N) is 1. The summed E-state index contributed by atoms with van der Waals surface area (Å²) in [6.07, 6.45) is 1.73. The fourth-order valence-corrected chi connectivity index (χ4v) is 5.09. The number of methoxy groups -OCH3 is 1. The second kappa shape index (κ2) is 10.9. The maximum absolute atomic E-state index is 13.1. The van der Waals surface area contributed by atoms with Gasteiger partial charge in [0.1, 0.15) is 18.1 Å². The Bertz CT molecular complexity index is 1530. The summed E-state index contributed by atoms with van der Waals surface area (Å²) in [4.78, 5) is 26.2. The fraction of sp³-hybridized carbons (Fsp3) is 0.0690. The van der Waals surface area contributed by atoms with Gasteiger partial charge in [0.25, 0.3) is 11.8 Å². The van der Waals surface area contributed by atoms with Crippen LogP contribution < -0.4 is 14.9 Å². The normalized spacial score (nSPS) is 14.3. The predicted octanol–water partition coefficient (Wildman–Crippen LogP) is 5.97. The van der Waals surface area contributed by atoms with Crippen LogP contribution in [0.25, 0.3) is 16.8 Å². The molecule has 8 heteroatoms. The molecular formula is C29H22N2O4S2. The number of carbonyl (C=O) groups excluding carboxylic acids is 2. The van der Waals surface area contributed by atoms with E-state index in [0.717, 1.165) is 38.7 Å². The van der Waals surface area contributed by atoms with Crippen molar-refractivity contribution in [3.05, 3.63) is 113 Å². The molecule has 1 aliphatic rings. The van der Waals surface area contributed by atoms with Crippen molar-refractivity contribution >= 4 is 57.0 Å². The van der Waals surface area contributed by atoms with Crippen LogP contribution in [0, 0.1) is 0 Å². The number of benzene rings is 4. The molecule has 0 aromatic heterocycles. The van der Waals surface area contributed by atoms with Gasteiger partial charge in [-0.3, -0.25) is 15.0 Å². The molecule has 1 fully saturated rings. The third kappa shape index (κ3) is 5.35. The molecule has 0 atom stereocenters. The van der Waals surface area contributed by atoms with Gasteiger partial charge in [0, 0.05) is 11.1 Å². The SMILES string of the molecule is COc1ccc(C(=O)NN2C(=O)/C(=C/c3ccccc3OCc3cccc4ccccc34)SC2=S)cc1. The van der Waals surface area contributed by atoms with Crippen LogP contribution in [-0.2, 0) is 11.4 Å². The zero-order valence-electron chi connectivity index (χ0n) is 19.8. The van der Waals surface area contributed by atoms with Gasteiger partial charge in [0.15, 0.2) is 4.32 Å². The monoisotopic (exact) mass is 526 g/mol. The summed E-state index contributed by atoms with van der Waals surface area (Å²) in [7, 11) is 1.55. The maximum atomic E-state index is 13.1. The van der Waals surface area contributed by atoms with Crippen LogP contribution in [-0.4, -0.2) is 28.3 Å². The highest BCUT2D eigenvalue weighted by Gasteiger charge is 2.34. The second-order valence-corrected chi connectivity index (χ2v) is 9.83. The molecule has 1 N–H and O–H groups in total. The standard InChI is InChI=1S/C29H22N2O4S2/c1-34-23-15-13-20(14-16-23)27(32)30-31-28(33)26(37-29(31)36)17-21-8-3-5-12-25(21)35-18-22-10-6-9-19-7-2-4-11-24(19)22/h2-17H,18H2,1H3,(H,30,32)/b26-17-. The number of thiocarbonyl (C=S) groups is 1. The van der Waals surface area contributed by atoms with E-state index in [1.807, 2.05) is 48.5 Å². The first-order valence-electron chi connectivity index (χ1n) is 11.4. The van der Waals surface area contributed by atoms with Crippen LogP contribution >= 0.6 is 24.0 Å². The highest BCUT2D eigenvalue weighted by molar-refractivity contribution is 8.26. The zero-order chi connectivity index (χ0) is 25.8. The van der Waals surface area contributed by atoms with Gasteiger partial charge >= 0.3 is 0 Å². The van der Waals surface area contributed by atoms with Crippen molar-refractivity contribution in [2.24, 2.45) is 0 Å². The van der Waals surface area contributed by atoms with E-state index in [2.05, 4.69) is 23.6 Å². The van der Waals surface area contributed by atoms with Crippen molar-refractivity contribution in [1.29, 1.82) is 0 Å². The van der Waals surface area contributed by atoms with E-state index in [1.165, 1.54) is 0 Å². The van der Waals surface area contributed by atoms with Gasteiger partial charge in [-0.2, -0.15) is 5.01 Å². The highest BCUT2D eigenvalue weighted by atomic mass is 32.2. The topological polar surface area (TPSA) is 67.9 Å². The minimum Gasteiger partial charge on any atom is -0.497 e. The van der Waals surface area contributed by atoms with E-state index in [-0.39, 0.29) is 4.32 Å². The number of para-hydroxylation sites is 1. The summed E-state index contributed by atoms with van der Waals surface area (Å²) in [6.45, 7) is 0.380. The smallest absolute Gasteiger partial charge is 0.285 e. The number of fused-ring (bicyclic) bond motifs is 1. The fourth-order valence-electron chi connectivity index (χ4n) is 3.92. The maximum Gasteiger partial charge on any atom is 0.285 e. The lowest BCUT2D eigenvalue weighted by molar-refractivity contribution is -0.123. The van der Waals surface area contributed by atoms with Crippen molar-refractivity contribution in [2.45, 2.75) is 6.61 Å². The molecule has 4 aromatic carbocycles. The molecule has 0 spiro atoms. The van der Waals surface area contributed by atoms with Gasteiger partial charge in [-0.1, -0.05) is 72.4 Å². The molecule has 0 unspecified atom stereocenters. The molecule has 0 radical (unpaired) electrons. The Morgan fingerprint density at radius 3 is 2.51 bits per heavy atom. The quantitative estimate of drug-likeness (QED) is 0.236. The van der Waals surface area contributed by atoms with Crippen molar-refractivity contribution in [2.75, 3.05) is 7.11 Å². The van der Waals surface area contributed by atoms with E-state index in [4.69, 9.17) is 21.7 Å². The first-order valence-corrected chi connectivity index (χ1v) is 12.7. The summed E-state index contributed by atoms with van der Waals surface area (Å²) in [6, 6.07) is 28.4. The van der Waals surface area contributed by atoms with E-state index < -0.39 is 11.8 Å². The molecule has 1 aliphatic heterocycles. The second-order valence-electron chi connectivity index (χ2n) is 8.15. The molecule has 5 rings (SSSR count). The van der Waals surface area contributed by atoms with Crippen LogP contribution in [0.3, 0.4) is 0 Å². The summed E-state index contributed by atoms with van der Waals surface area (Å²) in [5.41, 5.74) is 4.79. The van der Waals surface area contributed by atoms with Gasteiger partial charge in [-0.15, -0.1) is 0 Å². The zero-order valence-corrected chi connectivity index (χ0v) is 21.5. The molecule has 0 saturated carbocycles. The lowest BCUT2D eigenvalue weighted by Crippen LogP contribution is -2.44. The molecule has 0 aliphatic carbocycles. The van der Waals surface area contributed by atoms with Crippen LogP contribution in [0.4, 0.5) is 0 Å². The summed E-state index contributed by atoms with van der Waals surface area (Å²) in [5, 5.41) is 3.38. The lowest BCUT2D eigenvalue weighted by atomic mass is 10.1. The van der Waals surface area contributed by atoms with Crippen molar-refractivity contribution in [1.82, 2.24) is 10.4 Å². The minimum atomic E-state index is -0.445. The van der Waals surface area contributed by atoms with Gasteiger partial charge in [0.05, 0.1) is 12.0 Å². The van der Waals surface area contributed by atoms with Crippen LogP contribution in [0.1, 0.15) is 21.5 Å². The third-order valence-corrected chi connectivity index (χ3v) is 7.13. The molecule has 4 aromatic rings. The molecule has 2 amide bonds. The predicted molar refractivity (Wildman–Crippen MR) is 150 cm³/mol. The Hall–Kier alpha value is -4.14. The first kappa shape index (κ1) is 24.5. The van der Waals surface area contributed by atoms with E-state index in [9.17, 15) is 9.59 Å². The lowest BCUT2D eigenvalue weighted by Gasteiger charge is -2.15. The Morgan fingerprint density at radius 2 is 1.70 bits per heavy atom. The number of ether oxygens (including phenoxy) is 2. The number of thioether (sulfide) groups is 1. The largest absolute Gasteiger partial charge is 0.497 e. The first-order chi connectivity index (χ1) is 18.0. The van der Waals surface area contributed by atoms with E-state index in [0.29, 0.717) is 28.6 Å². The minimum absolute atomic E-state index is 0.243. The molecule has 1 saturated heterocycles. The van der Waals surface area contributed by atoms with Crippen molar-refractivity contribution < 1.29 is 19.1 Å².